The number of aromatic carboxylic acids is 2. The quantitative estimate of drug-likeness (QED) is 0.0182. The first-order valence-corrected chi connectivity index (χ1v) is 27.3. The van der Waals surface area contributed by atoms with E-state index in [-0.39, 0.29) is 54.3 Å². The zero-order valence-corrected chi connectivity index (χ0v) is 45.0. The number of rotatable bonds is 18. The standard InChI is InChI=1S/C30H24N4O5S.C21H18N2O4S.C9H10N2O3/c35-29(36)19-11-9-18(10-12-19)13-27-33-28(39-34-27)26(14-20-16-40-17-31-20)32-30(37)38-15-25-23-7-3-1-5-21(23)22-6-2-4-8-24(22)25;24-20(25)19(9-13-11-28-12-22-13)23-21(26)27-10-18-16-7-3-1-5-14(16)15-6-2-4-8-17(15)18;10-8(11-14)5-6-1-3-7(4-2-6)9(12)13/h1-12,16-17,25-26H,13-15H2,(H,32,37)(H,35,36);1-8,11-12,18-19H,9-10H2,(H,23,26)(H,24,25);1-4,14H,5H2,(H2,10,11)(H,12,13)/t26-;19-;/m00./s1. The molecule has 6 aromatic carbocycles. The zero-order chi connectivity index (χ0) is 57.5. The minimum atomic E-state index is -1.12. The van der Waals surface area contributed by atoms with Crippen molar-refractivity contribution in [2.45, 2.75) is 49.6 Å². The summed E-state index contributed by atoms with van der Waals surface area (Å²) in [6, 6.07) is 43.4. The van der Waals surface area contributed by atoms with Crippen LogP contribution in [0.3, 0.4) is 0 Å². The lowest BCUT2D eigenvalue weighted by Gasteiger charge is -2.17. The van der Waals surface area contributed by atoms with Gasteiger partial charge < -0.3 is 50.9 Å². The van der Waals surface area contributed by atoms with Crippen LogP contribution in [0.1, 0.15) is 95.1 Å². The molecule has 0 radical (unpaired) electrons. The van der Waals surface area contributed by atoms with Crippen LogP contribution in [0.15, 0.2) is 177 Å². The summed E-state index contributed by atoms with van der Waals surface area (Å²) in [6.45, 7) is 0.327. The number of carboxylic acid groups (broad SMARTS) is 3. The summed E-state index contributed by atoms with van der Waals surface area (Å²) in [5.74, 6) is -2.47. The molecule has 416 valence electrons. The topological polar surface area (TPSA) is 312 Å². The maximum Gasteiger partial charge on any atom is 0.407 e. The van der Waals surface area contributed by atoms with Crippen LogP contribution in [0.2, 0.25) is 0 Å². The van der Waals surface area contributed by atoms with Crippen LogP contribution in [0, 0.1) is 0 Å². The van der Waals surface area contributed by atoms with Gasteiger partial charge in [0.05, 0.1) is 33.5 Å². The molecule has 2 atom stereocenters. The Labute approximate surface area is 476 Å². The van der Waals surface area contributed by atoms with Gasteiger partial charge in [-0.05, 0) is 79.9 Å². The van der Waals surface area contributed by atoms with Crippen LogP contribution in [0.4, 0.5) is 9.59 Å². The second-order valence-electron chi connectivity index (χ2n) is 18.7. The molecule has 0 unspecified atom stereocenters. The smallest absolute Gasteiger partial charge is 0.407 e. The predicted octanol–water partition coefficient (Wildman–Crippen LogP) is 9.99. The summed E-state index contributed by atoms with van der Waals surface area (Å²) >= 11 is 2.83. The fourth-order valence-corrected chi connectivity index (χ4v) is 10.6. The molecule has 2 aliphatic carbocycles. The van der Waals surface area contributed by atoms with Crippen molar-refractivity contribution in [1.29, 1.82) is 0 Å². The average Bonchev–Trinajstić information content (AvgIpc) is 4.28. The van der Waals surface area contributed by atoms with Crippen LogP contribution in [0.5, 0.6) is 0 Å². The minimum absolute atomic E-state index is 0.0577. The van der Waals surface area contributed by atoms with Crippen molar-refractivity contribution in [2.24, 2.45) is 10.9 Å². The number of fused-ring (bicyclic) bond motifs is 6. The Balaban J connectivity index is 0.000000167. The molecule has 2 aliphatic rings. The van der Waals surface area contributed by atoms with Crippen LogP contribution >= 0.6 is 22.7 Å². The Morgan fingerprint density at radius 1 is 0.598 bits per heavy atom. The molecular formula is C60H52N8O12S2. The lowest BCUT2D eigenvalue weighted by atomic mass is 9.98. The second kappa shape index (κ2) is 26.7. The first-order valence-electron chi connectivity index (χ1n) is 25.4. The van der Waals surface area contributed by atoms with Crippen molar-refractivity contribution in [3.8, 4) is 22.3 Å². The number of aromatic nitrogens is 4. The first kappa shape index (κ1) is 56.7. The molecule has 0 saturated carbocycles. The van der Waals surface area contributed by atoms with Crippen molar-refractivity contribution in [3.05, 3.63) is 235 Å². The molecule has 0 bridgehead atoms. The molecule has 20 nitrogen and oxygen atoms in total. The van der Waals surface area contributed by atoms with Crippen molar-refractivity contribution in [1.82, 2.24) is 30.7 Å². The number of hydrogen-bond donors (Lipinski definition) is 7. The van der Waals surface area contributed by atoms with Crippen LogP contribution in [0.25, 0.3) is 22.3 Å². The number of ether oxygens (including phenoxy) is 2. The Morgan fingerprint density at radius 2 is 1.04 bits per heavy atom. The number of nitrogens with two attached hydrogens (primary N) is 1. The van der Waals surface area contributed by atoms with Crippen LogP contribution in [-0.2, 0) is 40.0 Å². The molecule has 3 heterocycles. The number of carbonyl (C=O) groups is 5. The number of nitrogens with zero attached hydrogens (tertiary/aromatic N) is 5. The highest BCUT2D eigenvalue weighted by Gasteiger charge is 2.32. The van der Waals surface area contributed by atoms with Gasteiger partial charge in [0, 0.05) is 48.3 Å². The number of oxime groups is 1. The fraction of sp³-hybridized carbons (Fsp3) is 0.167. The molecule has 3 aromatic heterocycles. The van der Waals surface area contributed by atoms with Crippen LogP contribution < -0.4 is 16.4 Å². The van der Waals surface area contributed by atoms with Gasteiger partial charge in [-0.15, -0.1) is 22.7 Å². The molecule has 0 saturated heterocycles. The summed E-state index contributed by atoms with van der Waals surface area (Å²) in [5, 5.41) is 51.3. The highest BCUT2D eigenvalue weighted by atomic mass is 32.1. The van der Waals surface area contributed by atoms with Crippen molar-refractivity contribution < 1.29 is 58.5 Å². The number of carboxylic acids is 3. The summed E-state index contributed by atoms with van der Waals surface area (Å²) in [4.78, 5) is 71.3. The number of benzene rings is 6. The zero-order valence-electron chi connectivity index (χ0n) is 43.4. The van der Waals surface area contributed by atoms with Gasteiger partial charge >= 0.3 is 30.1 Å². The largest absolute Gasteiger partial charge is 0.480 e. The highest BCUT2D eigenvalue weighted by molar-refractivity contribution is 7.07. The van der Waals surface area contributed by atoms with Gasteiger partial charge in [-0.2, -0.15) is 4.98 Å². The molecule has 8 N–H and O–H groups in total. The van der Waals surface area contributed by atoms with Crippen LogP contribution in [-0.4, -0.2) is 95.8 Å². The van der Waals surface area contributed by atoms with Gasteiger partial charge in [-0.25, -0.2) is 33.9 Å². The lowest BCUT2D eigenvalue weighted by Crippen LogP contribution is -2.43. The number of hydrogen-bond acceptors (Lipinski definition) is 16. The lowest BCUT2D eigenvalue weighted by molar-refractivity contribution is -0.139. The summed E-state index contributed by atoms with van der Waals surface area (Å²) in [5.41, 5.74) is 21.1. The molecule has 0 spiro atoms. The molecular weight excluding hydrogens is 1090 g/mol. The van der Waals surface area contributed by atoms with E-state index in [1.54, 1.807) is 40.7 Å². The molecule has 0 aliphatic heterocycles. The summed E-state index contributed by atoms with van der Waals surface area (Å²) < 4.78 is 16.7. The molecule has 2 amide bonds. The van der Waals surface area contributed by atoms with E-state index in [0.29, 0.717) is 30.8 Å². The van der Waals surface area contributed by atoms with Gasteiger partial charge in [0.25, 0.3) is 0 Å². The van der Waals surface area contributed by atoms with E-state index in [1.807, 2.05) is 66.0 Å². The van der Waals surface area contributed by atoms with E-state index >= 15 is 0 Å². The van der Waals surface area contributed by atoms with Crippen molar-refractivity contribution in [2.75, 3.05) is 13.2 Å². The second-order valence-corrected chi connectivity index (χ2v) is 20.2. The van der Waals surface area contributed by atoms with E-state index < -0.39 is 42.2 Å². The third kappa shape index (κ3) is 14.2. The maximum absolute atomic E-state index is 13.0. The monoisotopic (exact) mass is 1140 g/mol. The number of alkyl carbamates (subject to hydrolysis) is 2. The summed E-state index contributed by atoms with van der Waals surface area (Å²) in [7, 11) is 0. The molecule has 22 heteroatoms. The molecule has 82 heavy (non-hydrogen) atoms. The van der Waals surface area contributed by atoms with Gasteiger partial charge in [0.15, 0.2) is 5.82 Å². The van der Waals surface area contributed by atoms with Gasteiger partial charge in [0.2, 0.25) is 5.89 Å². The van der Waals surface area contributed by atoms with E-state index in [0.717, 1.165) is 61.3 Å². The van der Waals surface area contributed by atoms with E-state index in [9.17, 15) is 29.1 Å². The third-order valence-corrected chi connectivity index (χ3v) is 14.7. The van der Waals surface area contributed by atoms with Crippen molar-refractivity contribution in [3.63, 3.8) is 0 Å². The van der Waals surface area contributed by atoms with Crippen molar-refractivity contribution >= 4 is 58.6 Å². The Bertz CT molecular complexity index is 3610. The third-order valence-electron chi connectivity index (χ3n) is 13.4. The predicted molar refractivity (Wildman–Crippen MR) is 303 cm³/mol. The number of thiazole rings is 2. The first-order chi connectivity index (χ1) is 39.8. The number of amidine groups is 1. The SMILES string of the molecule is N/C(Cc1ccc(C(=O)O)cc1)=N\O.O=C(N[C@@H](Cc1cscn1)C(=O)O)OCC1c2ccccc2-c2ccccc21.O=C(N[C@@H](Cc1cscn1)c1nc(Cc2ccc(C(=O)O)cc2)no1)OCC1c2ccccc2-c2ccccc21. The molecule has 9 aromatic rings. The highest BCUT2D eigenvalue weighted by Crippen LogP contribution is 2.46. The Hall–Kier alpha value is -10.1. The van der Waals surface area contributed by atoms with E-state index in [4.69, 9.17) is 35.2 Å². The number of nitrogens with one attached hydrogen (secondary N) is 2. The van der Waals surface area contributed by atoms with E-state index in [1.165, 1.54) is 46.9 Å². The molecule has 0 fully saturated rings. The van der Waals surface area contributed by atoms with Gasteiger partial charge in [-0.3, -0.25) is 0 Å². The Kier molecular flexibility index (Phi) is 18.5. The van der Waals surface area contributed by atoms with Gasteiger partial charge in [0.1, 0.15) is 31.1 Å². The maximum atomic E-state index is 13.0. The normalized spacial score (nSPS) is 12.8. The van der Waals surface area contributed by atoms with E-state index in [2.05, 4.69) is 72.3 Å². The number of amides is 2. The molecule has 11 rings (SSSR count). The average molecular weight is 1140 g/mol. The Morgan fingerprint density at radius 3 is 1.46 bits per heavy atom. The van der Waals surface area contributed by atoms with Gasteiger partial charge in [-0.1, -0.05) is 132 Å². The number of aliphatic carboxylic acids is 1. The summed E-state index contributed by atoms with van der Waals surface area (Å²) in [6.07, 6.45) is -0.226. The minimum Gasteiger partial charge on any atom is -0.480 e. The fourth-order valence-electron chi connectivity index (χ4n) is 9.50. The number of carbonyl (C=O) groups excluding carboxylic acids is 2.